The van der Waals surface area contributed by atoms with Gasteiger partial charge in [0, 0.05) is 13.0 Å². The fourth-order valence-electron chi connectivity index (χ4n) is 1.82. The van der Waals surface area contributed by atoms with Gasteiger partial charge in [0.1, 0.15) is 6.10 Å². The van der Waals surface area contributed by atoms with Crippen LogP contribution in [0.15, 0.2) is 12.2 Å². The van der Waals surface area contributed by atoms with Crippen LogP contribution in [0.25, 0.3) is 0 Å². The largest absolute Gasteiger partial charge is 0.386 e. The summed E-state index contributed by atoms with van der Waals surface area (Å²) in [4.78, 5) is 0. The third-order valence-electron chi connectivity index (χ3n) is 2.42. The van der Waals surface area contributed by atoms with Gasteiger partial charge in [-0.25, -0.2) is 0 Å². The Kier molecular flexibility index (Phi) is 2.17. The molecular formula is C9H14O3. The lowest BCUT2D eigenvalue weighted by molar-refractivity contribution is -0.0308. The van der Waals surface area contributed by atoms with Gasteiger partial charge in [-0.1, -0.05) is 12.2 Å². The van der Waals surface area contributed by atoms with Gasteiger partial charge in [-0.05, 0) is 6.92 Å². The van der Waals surface area contributed by atoms with Crippen LogP contribution in [0, 0.1) is 0 Å². The molecule has 0 radical (unpaired) electrons. The summed E-state index contributed by atoms with van der Waals surface area (Å²) in [5.41, 5.74) is 0. The lowest BCUT2D eigenvalue weighted by Crippen LogP contribution is -2.28. The average Bonchev–Trinajstić information content (AvgIpc) is 2.39. The number of fused-ring (bicyclic) bond motifs is 2. The molecule has 3 heteroatoms. The van der Waals surface area contributed by atoms with Crippen molar-refractivity contribution in [2.24, 2.45) is 0 Å². The molecule has 3 nitrogen and oxygen atoms in total. The molecule has 0 aromatic heterocycles. The van der Waals surface area contributed by atoms with E-state index in [1.807, 2.05) is 13.0 Å². The van der Waals surface area contributed by atoms with Crippen LogP contribution in [0.1, 0.15) is 13.3 Å². The molecule has 0 saturated carbocycles. The van der Waals surface area contributed by atoms with Crippen molar-refractivity contribution in [1.29, 1.82) is 0 Å². The van der Waals surface area contributed by atoms with Crippen LogP contribution < -0.4 is 0 Å². The summed E-state index contributed by atoms with van der Waals surface area (Å²) in [6.07, 6.45) is 4.24. The molecule has 4 atom stereocenters. The van der Waals surface area contributed by atoms with Gasteiger partial charge < -0.3 is 14.6 Å². The zero-order chi connectivity index (χ0) is 8.55. The van der Waals surface area contributed by atoms with Crippen LogP contribution in [0.4, 0.5) is 0 Å². The normalized spacial score (nSPS) is 45.2. The highest BCUT2D eigenvalue weighted by molar-refractivity contribution is 5.10. The molecule has 0 aromatic rings. The summed E-state index contributed by atoms with van der Waals surface area (Å²) < 4.78 is 11.0. The summed E-state index contributed by atoms with van der Waals surface area (Å²) in [6, 6.07) is 0. The van der Waals surface area contributed by atoms with Crippen molar-refractivity contribution < 1.29 is 14.6 Å². The standard InChI is InChI=1S/C9H14O3/c1-2-11-9-5-8-6(10)3-4-7(9)12-8/h3-4,6-10H,2,5H2,1H3/t6?,7-,8-,9-/m1/s1. The summed E-state index contributed by atoms with van der Waals surface area (Å²) in [5, 5.41) is 9.41. The van der Waals surface area contributed by atoms with Crippen LogP contribution in [-0.4, -0.2) is 36.1 Å². The predicted octanol–water partition coefficient (Wildman–Crippen LogP) is 0.480. The lowest BCUT2D eigenvalue weighted by Gasteiger charge is -2.19. The second kappa shape index (κ2) is 3.17. The molecule has 0 aromatic carbocycles. The van der Waals surface area contributed by atoms with E-state index in [0.29, 0.717) is 6.61 Å². The van der Waals surface area contributed by atoms with Gasteiger partial charge in [-0.15, -0.1) is 0 Å². The molecule has 1 saturated heterocycles. The highest BCUT2D eigenvalue weighted by Crippen LogP contribution is 2.30. The Labute approximate surface area is 72.0 Å². The van der Waals surface area contributed by atoms with Gasteiger partial charge in [-0.2, -0.15) is 0 Å². The third kappa shape index (κ3) is 1.28. The quantitative estimate of drug-likeness (QED) is 0.613. The summed E-state index contributed by atoms with van der Waals surface area (Å²) in [6.45, 7) is 2.68. The van der Waals surface area contributed by atoms with Crippen LogP contribution in [0.3, 0.4) is 0 Å². The Hall–Kier alpha value is -0.380. The van der Waals surface area contributed by atoms with E-state index in [1.165, 1.54) is 0 Å². The summed E-state index contributed by atoms with van der Waals surface area (Å²) >= 11 is 0. The number of aliphatic hydroxyl groups is 1. The molecule has 68 valence electrons. The molecule has 1 unspecified atom stereocenters. The predicted molar refractivity (Wildman–Crippen MR) is 43.8 cm³/mol. The van der Waals surface area contributed by atoms with E-state index in [0.717, 1.165) is 6.42 Å². The second-order valence-electron chi connectivity index (χ2n) is 3.24. The van der Waals surface area contributed by atoms with Gasteiger partial charge in [0.25, 0.3) is 0 Å². The van der Waals surface area contributed by atoms with Crippen LogP contribution in [0.5, 0.6) is 0 Å². The van der Waals surface area contributed by atoms with Gasteiger partial charge in [0.2, 0.25) is 0 Å². The zero-order valence-corrected chi connectivity index (χ0v) is 7.14. The maximum atomic E-state index is 9.41. The van der Waals surface area contributed by atoms with E-state index in [4.69, 9.17) is 9.47 Å². The molecule has 1 fully saturated rings. The maximum absolute atomic E-state index is 9.41. The topological polar surface area (TPSA) is 38.7 Å². The van der Waals surface area contributed by atoms with E-state index in [-0.39, 0.29) is 18.3 Å². The van der Waals surface area contributed by atoms with Gasteiger partial charge in [0.05, 0.1) is 18.3 Å². The first kappa shape index (κ1) is 8.23. The number of hydrogen-bond acceptors (Lipinski definition) is 3. The summed E-state index contributed by atoms with van der Waals surface area (Å²) in [5.74, 6) is 0. The number of aliphatic hydroxyl groups excluding tert-OH is 1. The molecule has 2 aliphatic rings. The van der Waals surface area contributed by atoms with E-state index in [2.05, 4.69) is 0 Å². The Morgan fingerprint density at radius 2 is 2.42 bits per heavy atom. The van der Waals surface area contributed by atoms with Gasteiger partial charge in [-0.3, -0.25) is 0 Å². The molecule has 12 heavy (non-hydrogen) atoms. The van der Waals surface area contributed by atoms with Crippen molar-refractivity contribution in [2.45, 2.75) is 37.8 Å². The number of ether oxygens (including phenoxy) is 2. The van der Waals surface area contributed by atoms with Crippen molar-refractivity contribution in [3.8, 4) is 0 Å². The maximum Gasteiger partial charge on any atom is 0.102 e. The second-order valence-corrected chi connectivity index (χ2v) is 3.24. The highest BCUT2D eigenvalue weighted by Gasteiger charge is 2.39. The Balaban J connectivity index is 2.03. The molecule has 0 aliphatic carbocycles. The van der Waals surface area contributed by atoms with Crippen molar-refractivity contribution >= 4 is 0 Å². The highest BCUT2D eigenvalue weighted by atomic mass is 16.6. The first-order valence-electron chi connectivity index (χ1n) is 4.44. The molecule has 2 aliphatic heterocycles. The third-order valence-corrected chi connectivity index (χ3v) is 2.42. The van der Waals surface area contributed by atoms with Gasteiger partial charge in [0.15, 0.2) is 0 Å². The molecule has 0 spiro atoms. The first-order valence-corrected chi connectivity index (χ1v) is 4.44. The molecule has 2 heterocycles. The van der Waals surface area contributed by atoms with Crippen LogP contribution >= 0.6 is 0 Å². The zero-order valence-electron chi connectivity index (χ0n) is 7.14. The molecule has 0 amide bonds. The Morgan fingerprint density at radius 3 is 3.08 bits per heavy atom. The fraction of sp³-hybridized carbons (Fsp3) is 0.778. The fourth-order valence-corrected chi connectivity index (χ4v) is 1.82. The Morgan fingerprint density at radius 1 is 1.58 bits per heavy atom. The minimum Gasteiger partial charge on any atom is -0.386 e. The minimum absolute atomic E-state index is 0.0449. The monoisotopic (exact) mass is 170 g/mol. The van der Waals surface area contributed by atoms with E-state index in [1.54, 1.807) is 6.08 Å². The van der Waals surface area contributed by atoms with E-state index in [9.17, 15) is 5.11 Å². The van der Waals surface area contributed by atoms with Crippen LogP contribution in [0.2, 0.25) is 0 Å². The van der Waals surface area contributed by atoms with Crippen molar-refractivity contribution in [2.75, 3.05) is 6.61 Å². The summed E-state index contributed by atoms with van der Waals surface area (Å²) in [7, 11) is 0. The van der Waals surface area contributed by atoms with Gasteiger partial charge >= 0.3 is 0 Å². The number of hydrogen-bond donors (Lipinski definition) is 1. The van der Waals surface area contributed by atoms with Crippen molar-refractivity contribution in [3.05, 3.63) is 12.2 Å². The SMILES string of the molecule is CCO[C@@H]1C[C@H]2O[C@@H]1C=CC2O. The first-order chi connectivity index (χ1) is 5.81. The smallest absolute Gasteiger partial charge is 0.102 e. The molecular weight excluding hydrogens is 156 g/mol. The minimum atomic E-state index is -0.438. The van der Waals surface area contributed by atoms with E-state index >= 15 is 0 Å². The van der Waals surface area contributed by atoms with Crippen molar-refractivity contribution in [3.63, 3.8) is 0 Å². The Bertz CT molecular complexity index is 190. The lowest BCUT2D eigenvalue weighted by atomic mass is 10.1. The molecule has 2 bridgehead atoms. The molecule has 1 N–H and O–H groups in total. The van der Waals surface area contributed by atoms with Crippen LogP contribution in [-0.2, 0) is 9.47 Å². The average molecular weight is 170 g/mol. The van der Waals surface area contributed by atoms with Crippen molar-refractivity contribution in [1.82, 2.24) is 0 Å². The van der Waals surface area contributed by atoms with E-state index < -0.39 is 6.10 Å². The number of rotatable bonds is 2. The molecule has 2 rings (SSSR count).